The first-order chi connectivity index (χ1) is 10.2. The first-order valence-corrected chi connectivity index (χ1v) is 7.68. The number of amides is 1. The zero-order valence-corrected chi connectivity index (χ0v) is 12.5. The van der Waals surface area contributed by atoms with E-state index >= 15 is 0 Å². The van der Waals surface area contributed by atoms with Gasteiger partial charge in [-0.3, -0.25) is 4.79 Å². The van der Waals surface area contributed by atoms with E-state index in [4.69, 9.17) is 4.74 Å². The van der Waals surface area contributed by atoms with Crippen molar-refractivity contribution >= 4 is 17.3 Å². The number of hydrogen-bond acceptors (Lipinski definition) is 4. The van der Waals surface area contributed by atoms with Crippen LogP contribution in [0.15, 0.2) is 24.3 Å². The molecule has 5 nitrogen and oxygen atoms in total. The molecule has 114 valence electrons. The summed E-state index contributed by atoms with van der Waals surface area (Å²) in [6.07, 6.45) is 0. The van der Waals surface area contributed by atoms with Crippen LogP contribution in [0.25, 0.3) is 0 Å². The van der Waals surface area contributed by atoms with Crippen molar-refractivity contribution in [3.63, 3.8) is 0 Å². The maximum absolute atomic E-state index is 12.2. The highest BCUT2D eigenvalue weighted by molar-refractivity contribution is 5.93. The molecule has 0 radical (unpaired) electrons. The fourth-order valence-electron chi connectivity index (χ4n) is 2.97. The van der Waals surface area contributed by atoms with E-state index in [2.05, 4.69) is 34.6 Å². The highest BCUT2D eigenvalue weighted by atomic mass is 16.5. The third-order valence-electron chi connectivity index (χ3n) is 4.37. The number of benzene rings is 1. The molecule has 0 aliphatic carbocycles. The Balaban J connectivity index is 1.60. The Morgan fingerprint density at radius 3 is 2.57 bits per heavy atom. The van der Waals surface area contributed by atoms with Crippen molar-refractivity contribution in [3.8, 4) is 0 Å². The SMILES string of the molecule is CC1CNCC1C(=O)Nc1ccc(N2CCOCC2)cc1. The van der Waals surface area contributed by atoms with Gasteiger partial charge in [0.15, 0.2) is 0 Å². The highest BCUT2D eigenvalue weighted by Crippen LogP contribution is 2.21. The monoisotopic (exact) mass is 289 g/mol. The number of carbonyl (C=O) groups excluding carboxylic acids is 1. The number of hydrogen-bond donors (Lipinski definition) is 2. The summed E-state index contributed by atoms with van der Waals surface area (Å²) in [5.74, 6) is 0.591. The number of rotatable bonds is 3. The van der Waals surface area contributed by atoms with E-state index < -0.39 is 0 Å². The fourth-order valence-corrected chi connectivity index (χ4v) is 2.97. The Morgan fingerprint density at radius 2 is 1.95 bits per heavy atom. The van der Waals surface area contributed by atoms with Crippen LogP contribution in [-0.2, 0) is 9.53 Å². The minimum absolute atomic E-state index is 0.0731. The minimum Gasteiger partial charge on any atom is -0.378 e. The Hall–Kier alpha value is -1.59. The van der Waals surface area contributed by atoms with Gasteiger partial charge in [-0.25, -0.2) is 0 Å². The van der Waals surface area contributed by atoms with Gasteiger partial charge < -0.3 is 20.3 Å². The summed E-state index contributed by atoms with van der Waals surface area (Å²) < 4.78 is 5.36. The van der Waals surface area contributed by atoms with Crippen LogP contribution in [0.3, 0.4) is 0 Å². The summed E-state index contributed by atoms with van der Waals surface area (Å²) in [7, 11) is 0. The molecule has 2 unspecified atom stereocenters. The average molecular weight is 289 g/mol. The second-order valence-corrected chi connectivity index (χ2v) is 5.88. The Bertz CT molecular complexity index is 483. The lowest BCUT2D eigenvalue weighted by Crippen LogP contribution is -2.36. The van der Waals surface area contributed by atoms with Gasteiger partial charge in [-0.05, 0) is 36.7 Å². The van der Waals surface area contributed by atoms with Crippen LogP contribution >= 0.6 is 0 Å². The molecule has 2 atom stereocenters. The largest absolute Gasteiger partial charge is 0.378 e. The molecule has 1 aromatic rings. The van der Waals surface area contributed by atoms with Crippen molar-refractivity contribution in [3.05, 3.63) is 24.3 Å². The first kappa shape index (κ1) is 14.4. The molecule has 0 saturated carbocycles. The summed E-state index contributed by atoms with van der Waals surface area (Å²) in [5, 5.41) is 6.28. The van der Waals surface area contributed by atoms with Crippen molar-refractivity contribution in [2.45, 2.75) is 6.92 Å². The zero-order valence-electron chi connectivity index (χ0n) is 12.5. The van der Waals surface area contributed by atoms with E-state index in [1.165, 1.54) is 5.69 Å². The first-order valence-electron chi connectivity index (χ1n) is 7.68. The normalized spacial score (nSPS) is 25.9. The Kier molecular flexibility index (Phi) is 4.41. The molecule has 2 heterocycles. The van der Waals surface area contributed by atoms with Crippen LogP contribution in [0, 0.1) is 11.8 Å². The average Bonchev–Trinajstić information content (AvgIpc) is 2.95. The molecule has 0 aromatic heterocycles. The van der Waals surface area contributed by atoms with E-state index in [1.54, 1.807) is 0 Å². The highest BCUT2D eigenvalue weighted by Gasteiger charge is 2.29. The Morgan fingerprint density at radius 1 is 1.24 bits per heavy atom. The molecule has 5 heteroatoms. The number of morpholine rings is 1. The van der Waals surface area contributed by atoms with Crippen molar-refractivity contribution in [2.24, 2.45) is 11.8 Å². The van der Waals surface area contributed by atoms with Crippen LogP contribution < -0.4 is 15.5 Å². The van der Waals surface area contributed by atoms with Crippen LogP contribution in [0.2, 0.25) is 0 Å². The minimum atomic E-state index is 0.0731. The van der Waals surface area contributed by atoms with Crippen LogP contribution in [0.1, 0.15) is 6.92 Å². The standard InChI is InChI=1S/C16H23N3O2/c1-12-10-17-11-15(12)16(20)18-13-2-4-14(5-3-13)19-6-8-21-9-7-19/h2-5,12,15,17H,6-11H2,1H3,(H,18,20). The lowest BCUT2D eigenvalue weighted by molar-refractivity contribution is -0.120. The Labute approximate surface area is 125 Å². The number of nitrogens with zero attached hydrogens (tertiary/aromatic N) is 1. The number of carbonyl (C=O) groups is 1. The van der Waals surface area contributed by atoms with E-state index in [1.807, 2.05) is 12.1 Å². The van der Waals surface area contributed by atoms with E-state index in [-0.39, 0.29) is 11.8 Å². The predicted molar refractivity (Wildman–Crippen MR) is 83.6 cm³/mol. The number of anilines is 2. The molecule has 2 aliphatic heterocycles. The van der Waals surface area contributed by atoms with E-state index in [0.717, 1.165) is 45.1 Å². The number of ether oxygens (including phenoxy) is 1. The van der Waals surface area contributed by atoms with Gasteiger partial charge in [-0.2, -0.15) is 0 Å². The van der Waals surface area contributed by atoms with E-state index in [9.17, 15) is 4.79 Å². The van der Waals surface area contributed by atoms with Crippen molar-refractivity contribution in [2.75, 3.05) is 49.6 Å². The van der Waals surface area contributed by atoms with Gasteiger partial charge in [0.1, 0.15) is 0 Å². The topological polar surface area (TPSA) is 53.6 Å². The molecule has 2 N–H and O–H groups in total. The smallest absolute Gasteiger partial charge is 0.229 e. The second-order valence-electron chi connectivity index (χ2n) is 5.88. The third-order valence-corrected chi connectivity index (χ3v) is 4.37. The van der Waals surface area contributed by atoms with Crippen LogP contribution in [-0.4, -0.2) is 45.3 Å². The summed E-state index contributed by atoms with van der Waals surface area (Å²) in [4.78, 5) is 14.5. The van der Waals surface area contributed by atoms with Crippen molar-refractivity contribution in [1.82, 2.24) is 5.32 Å². The third kappa shape index (κ3) is 3.36. The molecular weight excluding hydrogens is 266 g/mol. The molecule has 2 saturated heterocycles. The quantitative estimate of drug-likeness (QED) is 0.881. The van der Waals surface area contributed by atoms with Crippen LogP contribution in [0.5, 0.6) is 0 Å². The zero-order chi connectivity index (χ0) is 14.7. The van der Waals surface area contributed by atoms with Crippen molar-refractivity contribution < 1.29 is 9.53 Å². The summed E-state index contributed by atoms with van der Waals surface area (Å²) in [6.45, 7) is 7.24. The summed E-state index contributed by atoms with van der Waals surface area (Å²) >= 11 is 0. The summed E-state index contributed by atoms with van der Waals surface area (Å²) in [5.41, 5.74) is 2.06. The van der Waals surface area contributed by atoms with Gasteiger partial charge >= 0.3 is 0 Å². The van der Waals surface area contributed by atoms with Crippen molar-refractivity contribution in [1.29, 1.82) is 0 Å². The van der Waals surface area contributed by atoms with Gasteiger partial charge in [-0.15, -0.1) is 0 Å². The molecule has 3 rings (SSSR count). The molecular formula is C16H23N3O2. The molecule has 2 aliphatic rings. The molecule has 0 bridgehead atoms. The summed E-state index contributed by atoms with van der Waals surface area (Å²) in [6, 6.07) is 8.10. The van der Waals surface area contributed by atoms with E-state index in [0.29, 0.717) is 5.92 Å². The molecule has 1 aromatic carbocycles. The molecule has 0 spiro atoms. The maximum atomic E-state index is 12.2. The molecule has 21 heavy (non-hydrogen) atoms. The van der Waals surface area contributed by atoms with Gasteiger partial charge in [0.05, 0.1) is 19.1 Å². The predicted octanol–water partition coefficient (Wildman–Crippen LogP) is 1.32. The fraction of sp³-hybridized carbons (Fsp3) is 0.562. The molecule has 1 amide bonds. The lowest BCUT2D eigenvalue weighted by Gasteiger charge is -2.29. The van der Waals surface area contributed by atoms with Gasteiger partial charge in [0.25, 0.3) is 0 Å². The lowest BCUT2D eigenvalue weighted by atomic mass is 9.97. The molecule has 2 fully saturated rings. The number of nitrogens with one attached hydrogen (secondary N) is 2. The van der Waals surface area contributed by atoms with Gasteiger partial charge in [0, 0.05) is 31.0 Å². The second kappa shape index (κ2) is 6.45. The maximum Gasteiger partial charge on any atom is 0.229 e. The van der Waals surface area contributed by atoms with Crippen LogP contribution in [0.4, 0.5) is 11.4 Å². The van der Waals surface area contributed by atoms with Gasteiger partial charge in [-0.1, -0.05) is 6.92 Å². The van der Waals surface area contributed by atoms with Gasteiger partial charge in [0.2, 0.25) is 5.91 Å².